The fourth-order valence-corrected chi connectivity index (χ4v) is 3.61. The number of hydroxylamine groups is 1. The summed E-state index contributed by atoms with van der Waals surface area (Å²) in [5.41, 5.74) is 2.85. The number of rotatable bonds is 7. The summed E-state index contributed by atoms with van der Waals surface area (Å²) in [6, 6.07) is 9.16. The number of likely N-dealkylation sites (tertiary alicyclic amines) is 1. The maximum atomic E-state index is 13.4. The molecule has 3 amide bonds. The number of nitrogens with one attached hydrogen (secondary N) is 2. The van der Waals surface area contributed by atoms with Crippen molar-refractivity contribution in [2.75, 3.05) is 25.5 Å². The van der Waals surface area contributed by atoms with Crippen molar-refractivity contribution in [1.82, 2.24) is 25.1 Å². The number of nitrogens with zero attached hydrogens (tertiary/aromatic N) is 5. The van der Waals surface area contributed by atoms with Crippen LogP contribution in [0.3, 0.4) is 0 Å². The van der Waals surface area contributed by atoms with Gasteiger partial charge in [0.2, 0.25) is 0 Å². The van der Waals surface area contributed by atoms with Gasteiger partial charge in [0.25, 0.3) is 17.7 Å². The van der Waals surface area contributed by atoms with E-state index in [1.54, 1.807) is 19.1 Å². The van der Waals surface area contributed by atoms with Crippen molar-refractivity contribution >= 4 is 35.2 Å². The third kappa shape index (κ3) is 5.45. The first-order chi connectivity index (χ1) is 17.8. The Balaban J connectivity index is 1.69. The third-order valence-electron chi connectivity index (χ3n) is 5.31. The Bertz CT molecular complexity index is 1410. The van der Waals surface area contributed by atoms with E-state index in [9.17, 15) is 19.6 Å². The zero-order valence-electron chi connectivity index (χ0n) is 19.6. The number of nitriles is 1. The van der Waals surface area contributed by atoms with Gasteiger partial charge in [-0.2, -0.15) is 5.26 Å². The van der Waals surface area contributed by atoms with Crippen LogP contribution in [0.25, 0.3) is 5.82 Å². The highest BCUT2D eigenvalue weighted by Crippen LogP contribution is 2.26. The molecule has 1 saturated heterocycles. The van der Waals surface area contributed by atoms with Gasteiger partial charge in [-0.15, -0.1) is 5.10 Å². The summed E-state index contributed by atoms with van der Waals surface area (Å²) in [6.45, 7) is 2.73. The predicted octanol–water partition coefficient (Wildman–Crippen LogP) is 2.78. The maximum Gasteiger partial charge on any atom is 0.452 e. The normalized spacial score (nSPS) is 12.2. The zero-order valence-corrected chi connectivity index (χ0v) is 20.4. The summed E-state index contributed by atoms with van der Waals surface area (Å²) in [5, 5.41) is 16.3. The largest absolute Gasteiger partial charge is 0.452 e. The number of pyridine rings is 1. The topological polar surface area (TPSA) is 161 Å². The summed E-state index contributed by atoms with van der Waals surface area (Å²) < 4.78 is 1.11. The summed E-state index contributed by atoms with van der Waals surface area (Å²) in [7, 11) is 1.25. The Hall–Kier alpha value is -4.67. The van der Waals surface area contributed by atoms with Gasteiger partial charge in [0.1, 0.15) is 5.69 Å². The van der Waals surface area contributed by atoms with Gasteiger partial charge in [-0.25, -0.2) is 24.8 Å². The molecule has 3 aromatic rings. The SMILES string of the molecule is CONC(=O)c1cc(C#N)cc(C)c1NC(=O)c1cc(OOC(=O)N2CCC2)nn1-c1ncccc1Cl. The number of hydrogen-bond donors (Lipinski definition) is 2. The third-order valence-corrected chi connectivity index (χ3v) is 5.61. The lowest BCUT2D eigenvalue weighted by molar-refractivity contribution is -0.161. The molecule has 1 aliphatic rings. The first-order valence-electron chi connectivity index (χ1n) is 10.9. The van der Waals surface area contributed by atoms with E-state index in [4.69, 9.17) is 26.2 Å². The Morgan fingerprint density at radius 1 is 1.19 bits per heavy atom. The average molecular weight is 526 g/mol. The molecule has 1 aliphatic heterocycles. The van der Waals surface area contributed by atoms with Crippen LogP contribution < -0.4 is 15.7 Å². The van der Waals surface area contributed by atoms with Gasteiger partial charge in [-0.1, -0.05) is 11.6 Å². The maximum absolute atomic E-state index is 13.4. The van der Waals surface area contributed by atoms with E-state index < -0.39 is 17.9 Å². The number of amides is 3. The van der Waals surface area contributed by atoms with Crippen LogP contribution in [-0.2, 0) is 9.73 Å². The highest BCUT2D eigenvalue weighted by atomic mass is 35.5. The van der Waals surface area contributed by atoms with Gasteiger partial charge in [-0.05, 0) is 43.2 Å². The minimum absolute atomic E-state index is 0.00589. The molecule has 1 aromatic carbocycles. The molecule has 13 nitrogen and oxygen atoms in total. The molecular weight excluding hydrogens is 506 g/mol. The van der Waals surface area contributed by atoms with E-state index in [0.717, 1.165) is 11.1 Å². The number of carbonyl (C=O) groups excluding carboxylic acids is 3. The van der Waals surface area contributed by atoms with E-state index in [0.29, 0.717) is 18.7 Å². The van der Waals surface area contributed by atoms with E-state index in [2.05, 4.69) is 20.9 Å². The molecule has 4 rings (SSSR count). The van der Waals surface area contributed by atoms with Gasteiger partial charge < -0.3 is 10.2 Å². The van der Waals surface area contributed by atoms with E-state index in [-0.39, 0.29) is 39.2 Å². The Kier molecular flexibility index (Phi) is 7.52. The van der Waals surface area contributed by atoms with Crippen LogP contribution in [0.2, 0.25) is 5.02 Å². The molecule has 3 heterocycles. The van der Waals surface area contributed by atoms with Crippen molar-refractivity contribution in [2.45, 2.75) is 13.3 Å². The van der Waals surface area contributed by atoms with Crippen LogP contribution >= 0.6 is 11.6 Å². The molecular formula is C23H20ClN7O6. The lowest BCUT2D eigenvalue weighted by atomic mass is 10.0. The van der Waals surface area contributed by atoms with Crippen molar-refractivity contribution in [3.8, 4) is 17.8 Å². The van der Waals surface area contributed by atoms with Crippen molar-refractivity contribution in [2.24, 2.45) is 0 Å². The number of aryl methyl sites for hydroxylation is 1. The molecule has 1 fully saturated rings. The molecule has 0 spiro atoms. The van der Waals surface area contributed by atoms with Crippen molar-refractivity contribution in [3.63, 3.8) is 0 Å². The molecule has 0 radical (unpaired) electrons. The summed E-state index contributed by atoms with van der Waals surface area (Å²) in [4.78, 5) is 58.2. The minimum atomic E-state index is -0.725. The second kappa shape index (κ2) is 10.9. The summed E-state index contributed by atoms with van der Waals surface area (Å²) in [6.07, 6.45) is 1.63. The number of carbonyl (C=O) groups is 3. The van der Waals surface area contributed by atoms with Gasteiger partial charge in [-0.3, -0.25) is 19.3 Å². The van der Waals surface area contributed by atoms with Crippen molar-refractivity contribution in [3.05, 3.63) is 63.9 Å². The van der Waals surface area contributed by atoms with Crippen LogP contribution in [0.5, 0.6) is 5.88 Å². The lowest BCUT2D eigenvalue weighted by Gasteiger charge is -2.28. The van der Waals surface area contributed by atoms with Crippen LogP contribution in [0.1, 0.15) is 38.4 Å². The van der Waals surface area contributed by atoms with Gasteiger partial charge in [0, 0.05) is 25.4 Å². The fourth-order valence-electron chi connectivity index (χ4n) is 3.41. The second-order valence-corrected chi connectivity index (χ2v) is 8.19. The first-order valence-corrected chi connectivity index (χ1v) is 11.2. The highest BCUT2D eigenvalue weighted by molar-refractivity contribution is 6.32. The van der Waals surface area contributed by atoms with Crippen LogP contribution in [-0.4, -0.2) is 57.8 Å². The first kappa shape index (κ1) is 25.4. The number of halogens is 1. The molecule has 0 aliphatic carbocycles. The smallest absolute Gasteiger partial charge is 0.320 e. The van der Waals surface area contributed by atoms with Crippen LogP contribution in [0, 0.1) is 18.3 Å². The molecule has 0 saturated carbocycles. The number of benzene rings is 1. The monoisotopic (exact) mass is 525 g/mol. The standard InChI is InChI=1S/C23H20ClN7O6/c1-13-9-14(12-25)10-15(21(32)29-35-2)19(13)27-22(33)17-11-18(36-37-23(34)30-7-4-8-30)28-31(17)20-16(24)5-3-6-26-20/h3,5-6,9-11H,4,7-8H2,1-2H3,(H,27,33)(H,29,32). The molecule has 190 valence electrons. The molecule has 0 atom stereocenters. The lowest BCUT2D eigenvalue weighted by Crippen LogP contribution is -2.42. The molecule has 0 unspecified atom stereocenters. The van der Waals surface area contributed by atoms with E-state index >= 15 is 0 Å². The molecule has 14 heteroatoms. The molecule has 2 aromatic heterocycles. The fraction of sp³-hybridized carbons (Fsp3) is 0.217. The van der Waals surface area contributed by atoms with Gasteiger partial charge in [0.15, 0.2) is 5.82 Å². The quantitative estimate of drug-likeness (QED) is 0.349. The number of hydrogen-bond acceptors (Lipinski definition) is 9. The van der Waals surface area contributed by atoms with Crippen LogP contribution in [0.15, 0.2) is 36.5 Å². The average Bonchev–Trinajstić information content (AvgIpc) is 3.27. The van der Waals surface area contributed by atoms with Crippen molar-refractivity contribution < 1.29 is 29.0 Å². The molecule has 2 N–H and O–H groups in total. The Morgan fingerprint density at radius 2 is 1.97 bits per heavy atom. The second-order valence-electron chi connectivity index (χ2n) is 7.78. The summed E-state index contributed by atoms with van der Waals surface area (Å²) in [5.74, 6) is -1.51. The number of anilines is 1. The van der Waals surface area contributed by atoms with Crippen molar-refractivity contribution in [1.29, 1.82) is 5.26 Å². The van der Waals surface area contributed by atoms with E-state index in [1.165, 1.54) is 36.4 Å². The predicted molar refractivity (Wildman–Crippen MR) is 128 cm³/mol. The number of aromatic nitrogens is 3. The van der Waals surface area contributed by atoms with Gasteiger partial charge in [0.05, 0.1) is 35.0 Å². The molecule has 37 heavy (non-hydrogen) atoms. The van der Waals surface area contributed by atoms with Gasteiger partial charge >= 0.3 is 6.09 Å². The zero-order chi connectivity index (χ0) is 26.5. The molecule has 0 bridgehead atoms. The van der Waals surface area contributed by atoms with Crippen LogP contribution in [0.4, 0.5) is 10.5 Å². The van der Waals surface area contributed by atoms with E-state index in [1.807, 2.05) is 6.07 Å². The summed E-state index contributed by atoms with van der Waals surface area (Å²) >= 11 is 6.28. The Morgan fingerprint density at radius 3 is 2.62 bits per heavy atom. The highest BCUT2D eigenvalue weighted by Gasteiger charge is 2.26. The minimum Gasteiger partial charge on any atom is -0.320 e. The Labute approximate surface area is 215 Å².